The summed E-state index contributed by atoms with van der Waals surface area (Å²) in [6.45, 7) is 0. The molecule has 10 aromatic carbocycles. The molecule has 0 aliphatic carbocycles. The molecule has 68 heavy (non-hydrogen) atoms. The number of benzene rings is 10. The summed E-state index contributed by atoms with van der Waals surface area (Å²) in [5, 5.41) is 11.4. The van der Waals surface area contributed by atoms with Gasteiger partial charge in [-0.15, -0.1) is 11.3 Å². The molecule has 6 nitrogen and oxygen atoms in total. The first-order chi connectivity index (χ1) is 33.7. The van der Waals surface area contributed by atoms with Crippen LogP contribution in [-0.2, 0) is 0 Å². The normalized spacial score (nSPS) is 12.1. The van der Waals surface area contributed by atoms with Gasteiger partial charge in [-0.25, -0.2) is 15.0 Å². The van der Waals surface area contributed by atoms with Gasteiger partial charge in [0, 0.05) is 74.9 Å². The van der Waals surface area contributed by atoms with E-state index in [-0.39, 0.29) is 0 Å². The van der Waals surface area contributed by atoms with Gasteiger partial charge in [0.2, 0.25) is 0 Å². The number of aromatic nitrogens is 5. The van der Waals surface area contributed by atoms with Crippen molar-refractivity contribution in [2.75, 3.05) is 0 Å². The second kappa shape index (κ2) is 14.3. The van der Waals surface area contributed by atoms with Crippen molar-refractivity contribution in [2.45, 2.75) is 0 Å². The van der Waals surface area contributed by atoms with Crippen LogP contribution in [0.3, 0.4) is 0 Å². The molecule has 15 aromatic rings. The zero-order chi connectivity index (χ0) is 44.5. The summed E-state index contributed by atoms with van der Waals surface area (Å²) in [6, 6.07) is 75.5. The highest BCUT2D eigenvalue weighted by molar-refractivity contribution is 7.25. The standard InChI is InChI=1S/C61H35N5OS/c1-2-18-38(19-3-1)65-49-27-11-7-22-41(49)57-43(24-14-28-50(57)65)59-62-60(44-25-15-30-54-58(44)42-23-8-12-29-53(42)67-54)64-61(63-59)47-35-56-46(40-21-9-13-31-55(40)68-56)34-52(47)66-48-26-10-6-20-39(48)45-32-36-16-4-5-17-37(36)33-51(45)66/h1-35H. The van der Waals surface area contributed by atoms with E-state index in [1.165, 1.54) is 37.0 Å². The van der Waals surface area contributed by atoms with Gasteiger partial charge in [-0.05, 0) is 83.6 Å². The maximum atomic E-state index is 6.48. The molecule has 15 rings (SSSR count). The highest BCUT2D eigenvalue weighted by Gasteiger charge is 2.25. The molecule has 0 saturated heterocycles. The lowest BCUT2D eigenvalue weighted by Gasteiger charge is -2.16. The predicted octanol–water partition coefficient (Wildman–Crippen LogP) is 16.5. The average Bonchev–Trinajstić information content (AvgIpc) is 4.15. The second-order valence-corrected chi connectivity index (χ2v) is 18.6. The third-order valence-corrected chi connectivity index (χ3v) is 14.9. The zero-order valence-corrected chi connectivity index (χ0v) is 37.1. The summed E-state index contributed by atoms with van der Waals surface area (Å²) in [6.07, 6.45) is 0. The molecule has 316 valence electrons. The number of para-hydroxylation sites is 4. The molecule has 5 heterocycles. The van der Waals surface area contributed by atoms with E-state index >= 15 is 0 Å². The van der Waals surface area contributed by atoms with Gasteiger partial charge in [0.15, 0.2) is 17.5 Å². The molecule has 0 spiro atoms. The third-order valence-electron chi connectivity index (χ3n) is 13.7. The minimum absolute atomic E-state index is 0.571. The highest BCUT2D eigenvalue weighted by atomic mass is 32.1. The highest BCUT2D eigenvalue weighted by Crippen LogP contribution is 2.45. The monoisotopic (exact) mass is 885 g/mol. The predicted molar refractivity (Wildman–Crippen MR) is 282 cm³/mol. The Labute approximate surface area is 392 Å². The quantitative estimate of drug-likeness (QED) is 0.173. The van der Waals surface area contributed by atoms with Crippen molar-refractivity contribution >= 4 is 108 Å². The van der Waals surface area contributed by atoms with Crippen molar-refractivity contribution < 1.29 is 4.42 Å². The average molecular weight is 886 g/mol. The van der Waals surface area contributed by atoms with Crippen LogP contribution in [0.5, 0.6) is 0 Å². The van der Waals surface area contributed by atoms with E-state index in [9.17, 15) is 0 Å². The van der Waals surface area contributed by atoms with E-state index in [1.54, 1.807) is 11.3 Å². The molecule has 0 atom stereocenters. The zero-order valence-electron chi connectivity index (χ0n) is 36.3. The molecule has 0 fully saturated rings. The number of hydrogen-bond donors (Lipinski definition) is 0. The van der Waals surface area contributed by atoms with Crippen LogP contribution in [0, 0.1) is 0 Å². The first-order valence-electron chi connectivity index (χ1n) is 22.8. The van der Waals surface area contributed by atoms with E-state index in [4.69, 9.17) is 19.4 Å². The number of nitrogens with zero attached hydrogens (tertiary/aromatic N) is 5. The maximum absolute atomic E-state index is 6.48. The van der Waals surface area contributed by atoms with Crippen molar-refractivity contribution in [2.24, 2.45) is 0 Å². The topological polar surface area (TPSA) is 61.7 Å². The van der Waals surface area contributed by atoms with E-state index in [0.717, 1.165) is 87.5 Å². The fourth-order valence-electron chi connectivity index (χ4n) is 10.8. The van der Waals surface area contributed by atoms with Crippen molar-refractivity contribution in [3.8, 4) is 45.5 Å². The SMILES string of the molecule is c1ccc(-n2c3ccccc3c3c(-c4nc(-c5cc6sc7ccccc7c6cc5-n5c6ccccc6c6cc7ccccc7cc65)nc(-c5cccc6oc7ccccc7c56)n4)cccc32)cc1. The van der Waals surface area contributed by atoms with E-state index in [0.29, 0.717) is 17.5 Å². The van der Waals surface area contributed by atoms with Crippen molar-refractivity contribution in [3.63, 3.8) is 0 Å². The van der Waals surface area contributed by atoms with Crippen LogP contribution in [0.1, 0.15) is 0 Å². The van der Waals surface area contributed by atoms with Gasteiger partial charge in [-0.1, -0.05) is 140 Å². The number of rotatable bonds is 5. The van der Waals surface area contributed by atoms with Crippen molar-refractivity contribution in [1.82, 2.24) is 24.1 Å². The van der Waals surface area contributed by atoms with E-state index < -0.39 is 0 Å². The van der Waals surface area contributed by atoms with Gasteiger partial charge in [-0.3, -0.25) is 0 Å². The molecule has 0 N–H and O–H groups in total. The molecule has 0 saturated carbocycles. The molecule has 5 aromatic heterocycles. The van der Waals surface area contributed by atoms with Crippen molar-refractivity contribution in [1.29, 1.82) is 0 Å². The Morgan fingerprint density at radius 1 is 0.338 bits per heavy atom. The van der Waals surface area contributed by atoms with Gasteiger partial charge in [0.25, 0.3) is 0 Å². The van der Waals surface area contributed by atoms with Crippen LogP contribution in [0.2, 0.25) is 0 Å². The molecule has 0 aliphatic heterocycles. The summed E-state index contributed by atoms with van der Waals surface area (Å²) in [5.74, 6) is 1.74. The first kappa shape index (κ1) is 37.3. The Kier molecular flexibility index (Phi) is 7.85. The van der Waals surface area contributed by atoms with E-state index in [1.807, 2.05) is 24.3 Å². The Bertz CT molecular complexity index is 4580. The molecule has 0 aliphatic rings. The smallest absolute Gasteiger partial charge is 0.166 e. The fourth-order valence-corrected chi connectivity index (χ4v) is 11.9. The molecule has 0 unspecified atom stereocenters. The number of hydrogen-bond acceptors (Lipinski definition) is 5. The van der Waals surface area contributed by atoms with Crippen LogP contribution < -0.4 is 0 Å². The molecule has 7 heteroatoms. The Morgan fingerprint density at radius 2 is 0.926 bits per heavy atom. The second-order valence-electron chi connectivity index (χ2n) is 17.5. The van der Waals surface area contributed by atoms with Gasteiger partial charge in [-0.2, -0.15) is 0 Å². The molecular formula is C61H35N5OS. The summed E-state index contributed by atoms with van der Waals surface area (Å²) >= 11 is 1.80. The molecule has 0 amide bonds. The van der Waals surface area contributed by atoms with Crippen LogP contribution in [-0.4, -0.2) is 24.1 Å². The van der Waals surface area contributed by atoms with Crippen LogP contribution in [0.4, 0.5) is 0 Å². The van der Waals surface area contributed by atoms with Gasteiger partial charge in [0.1, 0.15) is 11.2 Å². The fraction of sp³-hybridized carbons (Fsp3) is 0. The third kappa shape index (κ3) is 5.42. The molecule has 0 bridgehead atoms. The van der Waals surface area contributed by atoms with Crippen LogP contribution >= 0.6 is 11.3 Å². The van der Waals surface area contributed by atoms with E-state index in [2.05, 4.69) is 197 Å². The van der Waals surface area contributed by atoms with Crippen LogP contribution in [0.25, 0.3) is 142 Å². The lowest BCUT2D eigenvalue weighted by atomic mass is 10.0. The number of furan rings is 1. The largest absolute Gasteiger partial charge is 0.456 e. The maximum Gasteiger partial charge on any atom is 0.166 e. The van der Waals surface area contributed by atoms with Crippen molar-refractivity contribution in [3.05, 3.63) is 212 Å². The lowest BCUT2D eigenvalue weighted by molar-refractivity contribution is 0.669. The minimum atomic E-state index is 0.571. The lowest BCUT2D eigenvalue weighted by Crippen LogP contribution is -2.04. The number of thiophene rings is 1. The Balaban J connectivity index is 1.09. The molecule has 0 radical (unpaired) electrons. The summed E-state index contributed by atoms with van der Waals surface area (Å²) < 4.78 is 13.6. The molecular weight excluding hydrogens is 851 g/mol. The summed E-state index contributed by atoms with van der Waals surface area (Å²) in [5.41, 5.74) is 10.8. The summed E-state index contributed by atoms with van der Waals surface area (Å²) in [4.78, 5) is 16.8. The van der Waals surface area contributed by atoms with Gasteiger partial charge in [0.05, 0.1) is 27.8 Å². The summed E-state index contributed by atoms with van der Waals surface area (Å²) in [7, 11) is 0. The number of fused-ring (bicyclic) bond motifs is 13. The first-order valence-corrected chi connectivity index (χ1v) is 23.7. The minimum Gasteiger partial charge on any atom is -0.456 e. The van der Waals surface area contributed by atoms with Gasteiger partial charge < -0.3 is 13.6 Å². The van der Waals surface area contributed by atoms with Gasteiger partial charge >= 0.3 is 0 Å². The van der Waals surface area contributed by atoms with Crippen LogP contribution in [0.15, 0.2) is 217 Å². The Morgan fingerprint density at radius 3 is 1.74 bits per heavy atom. The Hall–Kier alpha value is -8.91.